The maximum absolute atomic E-state index is 14.3. The molecule has 1 unspecified atom stereocenters. The van der Waals surface area contributed by atoms with Gasteiger partial charge in [-0.25, -0.2) is 18.7 Å². The summed E-state index contributed by atoms with van der Waals surface area (Å²) in [6.45, 7) is 13.8. The van der Waals surface area contributed by atoms with Crippen molar-refractivity contribution in [1.29, 1.82) is 0 Å². The van der Waals surface area contributed by atoms with E-state index in [1.807, 2.05) is 6.92 Å². The molecule has 0 spiro atoms. The predicted molar refractivity (Wildman–Crippen MR) is 157 cm³/mol. The number of pyridine rings is 1. The minimum Gasteiger partial charge on any atom is -0.412 e. The molecule has 1 aliphatic heterocycles. The molecule has 2 aromatic rings. The third-order valence-corrected chi connectivity index (χ3v) is 14.0. The van der Waals surface area contributed by atoms with E-state index in [4.69, 9.17) is 4.43 Å². The third-order valence-electron chi connectivity index (χ3n) is 8.41. The average molecular weight is 648 g/mol. The van der Waals surface area contributed by atoms with Crippen molar-refractivity contribution in [2.75, 3.05) is 11.9 Å². The van der Waals surface area contributed by atoms with Crippen molar-refractivity contribution in [2.45, 2.75) is 109 Å². The molecule has 1 aliphatic carbocycles. The third kappa shape index (κ3) is 7.36. The van der Waals surface area contributed by atoms with Crippen LogP contribution in [0.25, 0.3) is 10.4 Å². The first-order chi connectivity index (χ1) is 19.8. The first-order valence-corrected chi connectivity index (χ1v) is 17.9. The van der Waals surface area contributed by atoms with Gasteiger partial charge >= 0.3 is 6.18 Å². The fraction of sp³-hybridized carbons (Fsp3) is 0.643. The van der Waals surface area contributed by atoms with Gasteiger partial charge in [-0.1, -0.05) is 20.8 Å². The van der Waals surface area contributed by atoms with Gasteiger partial charge in [-0.3, -0.25) is 9.59 Å². The highest BCUT2D eigenvalue weighted by Crippen LogP contribution is 2.42. The van der Waals surface area contributed by atoms with Gasteiger partial charge in [0.25, 0.3) is 18.2 Å². The molecule has 2 amide bonds. The van der Waals surface area contributed by atoms with Crippen molar-refractivity contribution in [3.63, 3.8) is 0 Å². The number of rotatable bonds is 9. The zero-order valence-electron chi connectivity index (χ0n) is 25.2. The van der Waals surface area contributed by atoms with Crippen LogP contribution in [0.1, 0.15) is 86.2 Å². The van der Waals surface area contributed by atoms with E-state index in [9.17, 15) is 31.5 Å². The molecule has 4 atom stereocenters. The van der Waals surface area contributed by atoms with E-state index in [0.717, 1.165) is 43.4 Å². The normalized spacial score (nSPS) is 21.7. The maximum Gasteiger partial charge on any atom is 0.408 e. The molecule has 15 heteroatoms. The van der Waals surface area contributed by atoms with Crippen molar-refractivity contribution in [3.05, 3.63) is 28.5 Å². The van der Waals surface area contributed by atoms with Crippen LogP contribution in [0.3, 0.4) is 0 Å². The summed E-state index contributed by atoms with van der Waals surface area (Å²) in [5, 5.41) is 4.88. The van der Waals surface area contributed by atoms with E-state index in [1.165, 1.54) is 0 Å². The molecule has 0 bridgehead atoms. The number of likely N-dealkylation sites (tertiary alicyclic amines) is 1. The molecular formula is C28H38F5N5O3SSi. The lowest BCUT2D eigenvalue weighted by Crippen LogP contribution is -2.42. The lowest BCUT2D eigenvalue weighted by atomic mass is 10.1. The summed E-state index contributed by atoms with van der Waals surface area (Å²) in [6, 6.07) is -1.55. The van der Waals surface area contributed by atoms with E-state index >= 15 is 0 Å². The zero-order valence-corrected chi connectivity index (χ0v) is 27.1. The predicted octanol–water partition coefficient (Wildman–Crippen LogP) is 7.02. The Bertz CT molecular complexity index is 1360. The number of carbonyl (C=O) groups excluding carboxylic acids is 2. The van der Waals surface area contributed by atoms with Gasteiger partial charge < -0.3 is 20.0 Å². The number of amides is 2. The van der Waals surface area contributed by atoms with E-state index < -0.39 is 50.2 Å². The Morgan fingerprint density at radius 1 is 1.21 bits per heavy atom. The Kier molecular flexibility index (Phi) is 9.30. The monoisotopic (exact) mass is 647 g/mol. The number of aromatic nitrogens is 2. The molecule has 0 aromatic carbocycles. The first kappa shape index (κ1) is 33.2. The highest BCUT2D eigenvalue weighted by atomic mass is 32.1. The first-order valence-electron chi connectivity index (χ1n) is 14.2. The summed E-state index contributed by atoms with van der Waals surface area (Å²) in [6.07, 6.45) is -4.73. The number of hydrogen-bond donors (Lipinski definition) is 2. The molecule has 2 N–H and O–H groups in total. The van der Waals surface area contributed by atoms with E-state index in [2.05, 4.69) is 54.5 Å². The summed E-state index contributed by atoms with van der Waals surface area (Å²) >= 11 is 0.777. The van der Waals surface area contributed by atoms with Crippen LogP contribution in [0, 0.1) is 0 Å². The van der Waals surface area contributed by atoms with Crippen LogP contribution in [0.2, 0.25) is 18.1 Å². The Labute approximate surface area is 252 Å². The number of halogens is 5. The molecule has 1 saturated heterocycles. The van der Waals surface area contributed by atoms with Crippen molar-refractivity contribution in [2.24, 2.45) is 0 Å². The molecule has 238 valence electrons. The minimum absolute atomic E-state index is 0.0113. The van der Waals surface area contributed by atoms with Crippen LogP contribution in [0.15, 0.2) is 12.3 Å². The highest BCUT2D eigenvalue weighted by Gasteiger charge is 2.48. The van der Waals surface area contributed by atoms with Gasteiger partial charge in [-0.05, 0) is 57.3 Å². The number of nitrogens with one attached hydrogen (secondary N) is 2. The van der Waals surface area contributed by atoms with E-state index in [-0.39, 0.29) is 44.4 Å². The van der Waals surface area contributed by atoms with Gasteiger partial charge in [0.1, 0.15) is 17.6 Å². The van der Waals surface area contributed by atoms with Crippen molar-refractivity contribution in [1.82, 2.24) is 20.2 Å². The lowest BCUT2D eigenvalue weighted by Gasteiger charge is -2.36. The Balaban J connectivity index is 1.65. The Morgan fingerprint density at radius 3 is 2.44 bits per heavy atom. The molecule has 2 aromatic heterocycles. The number of carbonyl (C=O) groups is 2. The second-order valence-corrected chi connectivity index (χ2v) is 18.5. The minimum atomic E-state index is -4.62. The SMILES string of the molecule is CC(Nc1cc(C(F)F)c(-c2sc(C(=O)N[C@H]3C[C@H]3O[Si](C)(C)C(C)(C)C)nc2C(=O)N2CCC[C@@H]2C)cn1)C(F)(F)F. The molecule has 4 rings (SSSR count). The quantitative estimate of drug-likeness (QED) is 0.224. The fourth-order valence-electron chi connectivity index (χ4n) is 4.58. The summed E-state index contributed by atoms with van der Waals surface area (Å²) < 4.78 is 74.1. The molecule has 43 heavy (non-hydrogen) atoms. The summed E-state index contributed by atoms with van der Waals surface area (Å²) in [5.41, 5.74) is -0.963. The molecule has 2 fully saturated rings. The standard InChI is InChI=1S/C28H38F5N5O3SSi/c1-14-9-8-10-38(14)26(40)21-22(17-13-34-20(11-16(17)23(29)30)35-15(2)28(31,32)33)42-25(37-21)24(39)36-18-12-19(18)41-43(6,7)27(3,4)5/h11,13-15,18-19,23H,8-10,12H2,1-7H3,(H,34,35)(H,36,39)/t14-,15?,18-,19+/m0/s1. The van der Waals surface area contributed by atoms with Crippen LogP contribution >= 0.6 is 11.3 Å². The number of anilines is 1. The maximum atomic E-state index is 14.3. The highest BCUT2D eigenvalue weighted by molar-refractivity contribution is 7.17. The fourth-order valence-corrected chi connectivity index (χ4v) is 6.94. The molecule has 2 aliphatic rings. The lowest BCUT2D eigenvalue weighted by molar-refractivity contribution is -0.138. The molecule has 0 radical (unpaired) electrons. The van der Waals surface area contributed by atoms with Crippen LogP contribution in [0.4, 0.5) is 27.8 Å². The summed E-state index contributed by atoms with van der Waals surface area (Å²) in [5.74, 6) is -1.46. The number of alkyl halides is 5. The van der Waals surface area contributed by atoms with Gasteiger partial charge in [-0.2, -0.15) is 13.2 Å². The van der Waals surface area contributed by atoms with Crippen molar-refractivity contribution in [3.8, 4) is 10.4 Å². The van der Waals surface area contributed by atoms with E-state index in [0.29, 0.717) is 13.0 Å². The van der Waals surface area contributed by atoms with Crippen LogP contribution in [-0.4, -0.2) is 72.0 Å². The molecule has 3 heterocycles. The van der Waals surface area contributed by atoms with E-state index in [1.54, 1.807) is 4.90 Å². The Morgan fingerprint density at radius 2 is 1.88 bits per heavy atom. The van der Waals surface area contributed by atoms with Gasteiger partial charge in [0, 0.05) is 29.9 Å². The van der Waals surface area contributed by atoms with Crippen LogP contribution < -0.4 is 10.6 Å². The second-order valence-electron chi connectivity index (χ2n) is 12.8. The molecule has 1 saturated carbocycles. The van der Waals surface area contributed by atoms with Crippen LogP contribution in [-0.2, 0) is 4.43 Å². The van der Waals surface area contributed by atoms with Crippen LogP contribution in [0.5, 0.6) is 0 Å². The molecular weight excluding hydrogens is 609 g/mol. The number of nitrogens with zero attached hydrogens (tertiary/aromatic N) is 3. The van der Waals surface area contributed by atoms with Gasteiger partial charge in [0.15, 0.2) is 13.3 Å². The summed E-state index contributed by atoms with van der Waals surface area (Å²) in [7, 11) is -2.07. The second kappa shape index (κ2) is 12.0. The van der Waals surface area contributed by atoms with Gasteiger partial charge in [-0.15, -0.1) is 11.3 Å². The zero-order chi connectivity index (χ0) is 32.1. The Hall–Kier alpha value is -2.65. The number of hydrogen-bond acceptors (Lipinski definition) is 7. The topological polar surface area (TPSA) is 96.4 Å². The summed E-state index contributed by atoms with van der Waals surface area (Å²) in [4.78, 5) is 36.8. The average Bonchev–Trinajstić information content (AvgIpc) is 3.24. The van der Waals surface area contributed by atoms with Crippen molar-refractivity contribution >= 4 is 37.3 Å². The smallest absolute Gasteiger partial charge is 0.408 e. The largest absolute Gasteiger partial charge is 0.412 e. The molecule has 8 nitrogen and oxygen atoms in total. The van der Waals surface area contributed by atoms with Gasteiger partial charge in [0.05, 0.1) is 17.0 Å². The van der Waals surface area contributed by atoms with Gasteiger partial charge in [0.2, 0.25) is 0 Å². The van der Waals surface area contributed by atoms with Crippen molar-refractivity contribution < 1.29 is 36.0 Å². The number of thiazole rings is 1.